The van der Waals surface area contributed by atoms with Gasteiger partial charge in [-0.3, -0.25) is 19.9 Å². The minimum absolute atomic E-state index is 0.610. The quantitative estimate of drug-likeness (QED) is 0.133. The summed E-state index contributed by atoms with van der Waals surface area (Å²) < 4.78 is 0. The molecule has 0 atom stereocenters. The maximum absolute atomic E-state index is 5.08. The molecule has 0 aliphatic heterocycles. The summed E-state index contributed by atoms with van der Waals surface area (Å²) in [5, 5.41) is 8.66. The maximum Gasteiger partial charge on any atom is 0.178 e. The standard InChI is InChI=1S/2C40H24N6/c1-4-31-22-33(32-5-2-19-42-39(32)38(31)41-18-1)26-8-6-25(7-9-26)29-12-10-27-14-16-34(45-36(27)23-29)30-13-11-28-15-17-35(46-37(28)24-30)40-43-20-3-21-44-40;1-3-29-12-15-33-32(18-22-42-39(33)38(29)41-19-1)26-6-4-25(5-7-26)30-10-8-27-13-16-34(45-36(27)23-30)31-11-9-28-14-17-35(46-37(28)24-31)40-43-20-2-21-44-40/h2*1-24H. The summed E-state index contributed by atoms with van der Waals surface area (Å²) in [5.74, 6) is 1.22. The van der Waals surface area contributed by atoms with Crippen LogP contribution in [0, 0.1) is 0 Å². The van der Waals surface area contributed by atoms with E-state index < -0.39 is 0 Å². The molecule has 0 saturated heterocycles. The van der Waals surface area contributed by atoms with E-state index in [4.69, 9.17) is 19.9 Å². The van der Waals surface area contributed by atoms with Crippen molar-refractivity contribution >= 4 is 87.2 Å². The van der Waals surface area contributed by atoms with Crippen LogP contribution in [0.15, 0.2) is 292 Å². The Bertz CT molecular complexity index is 5860. The van der Waals surface area contributed by atoms with Crippen LogP contribution in [0.2, 0.25) is 0 Å². The lowest BCUT2D eigenvalue weighted by molar-refractivity contribution is 1.15. The first-order valence-electron chi connectivity index (χ1n) is 30.2. The van der Waals surface area contributed by atoms with Crippen molar-refractivity contribution in [2.24, 2.45) is 0 Å². The number of benzene rings is 8. The van der Waals surface area contributed by atoms with E-state index in [9.17, 15) is 0 Å². The molecule has 428 valence electrons. The van der Waals surface area contributed by atoms with E-state index in [0.717, 1.165) is 166 Å². The minimum atomic E-state index is 0.610. The zero-order valence-electron chi connectivity index (χ0n) is 49.1. The number of hydrogen-bond donors (Lipinski definition) is 0. The van der Waals surface area contributed by atoms with Gasteiger partial charge in [0.15, 0.2) is 11.6 Å². The highest BCUT2D eigenvalue weighted by atomic mass is 14.9. The molecule has 18 rings (SSSR count). The summed E-state index contributed by atoms with van der Waals surface area (Å²) in [4.78, 5) is 55.8. The van der Waals surface area contributed by atoms with E-state index in [0.29, 0.717) is 11.6 Å². The molecule has 0 saturated carbocycles. The molecule has 10 aromatic heterocycles. The largest absolute Gasteiger partial charge is 0.254 e. The van der Waals surface area contributed by atoms with Crippen LogP contribution in [0.4, 0.5) is 0 Å². The van der Waals surface area contributed by atoms with Crippen LogP contribution in [0.25, 0.3) is 177 Å². The predicted octanol–water partition coefficient (Wildman–Crippen LogP) is 18.7. The van der Waals surface area contributed by atoms with Crippen LogP contribution in [-0.4, -0.2) is 59.8 Å². The molecule has 0 fully saturated rings. The Morgan fingerprint density at radius 3 is 1.05 bits per heavy atom. The van der Waals surface area contributed by atoms with E-state index >= 15 is 0 Å². The van der Waals surface area contributed by atoms with Gasteiger partial charge in [-0.15, -0.1) is 0 Å². The lowest BCUT2D eigenvalue weighted by atomic mass is 9.95. The molecule has 18 aromatic rings. The molecule has 0 N–H and O–H groups in total. The third-order valence-corrected chi connectivity index (χ3v) is 17.0. The van der Waals surface area contributed by atoms with Crippen LogP contribution >= 0.6 is 0 Å². The first-order valence-corrected chi connectivity index (χ1v) is 30.2. The van der Waals surface area contributed by atoms with Gasteiger partial charge in [0.2, 0.25) is 0 Å². The van der Waals surface area contributed by atoms with Crippen molar-refractivity contribution in [1.29, 1.82) is 0 Å². The molecule has 0 unspecified atom stereocenters. The van der Waals surface area contributed by atoms with E-state index in [1.54, 1.807) is 36.9 Å². The van der Waals surface area contributed by atoms with Crippen molar-refractivity contribution in [3.05, 3.63) is 292 Å². The van der Waals surface area contributed by atoms with Crippen LogP contribution in [0.5, 0.6) is 0 Å². The molecule has 0 spiro atoms. The highest BCUT2D eigenvalue weighted by Gasteiger charge is 2.15. The summed E-state index contributed by atoms with van der Waals surface area (Å²) >= 11 is 0. The monoisotopic (exact) mass is 1180 g/mol. The van der Waals surface area contributed by atoms with Gasteiger partial charge >= 0.3 is 0 Å². The molecule has 0 radical (unpaired) electrons. The van der Waals surface area contributed by atoms with Crippen LogP contribution in [-0.2, 0) is 0 Å². The second kappa shape index (κ2) is 22.7. The van der Waals surface area contributed by atoms with Crippen molar-refractivity contribution in [2.45, 2.75) is 0 Å². The zero-order chi connectivity index (χ0) is 60.9. The van der Waals surface area contributed by atoms with Crippen molar-refractivity contribution < 1.29 is 0 Å². The average molecular weight is 1180 g/mol. The van der Waals surface area contributed by atoms with Gasteiger partial charge in [-0.25, -0.2) is 39.9 Å². The van der Waals surface area contributed by atoms with Crippen LogP contribution < -0.4 is 0 Å². The fraction of sp³-hybridized carbons (Fsp3) is 0. The first-order chi connectivity index (χ1) is 45.5. The lowest BCUT2D eigenvalue weighted by Crippen LogP contribution is -1.92. The molecule has 0 aliphatic carbocycles. The fourth-order valence-electron chi connectivity index (χ4n) is 12.3. The van der Waals surface area contributed by atoms with Gasteiger partial charge in [-0.05, 0) is 136 Å². The number of hydrogen-bond acceptors (Lipinski definition) is 12. The van der Waals surface area contributed by atoms with E-state index in [1.807, 2.05) is 55.1 Å². The van der Waals surface area contributed by atoms with Gasteiger partial charge in [0.1, 0.15) is 11.4 Å². The average Bonchev–Trinajstić information content (AvgIpc) is 1.03. The number of nitrogens with zero attached hydrogens (tertiary/aromatic N) is 12. The molecule has 0 aliphatic rings. The van der Waals surface area contributed by atoms with Gasteiger partial charge in [-0.2, -0.15) is 0 Å². The number of fused-ring (bicyclic) bond motifs is 10. The van der Waals surface area contributed by atoms with Gasteiger partial charge in [-0.1, -0.05) is 152 Å². The second-order valence-corrected chi connectivity index (χ2v) is 22.5. The Labute approximate surface area is 526 Å². The summed E-state index contributed by atoms with van der Waals surface area (Å²) in [6, 6.07) is 83.7. The lowest BCUT2D eigenvalue weighted by Gasteiger charge is -2.11. The SMILES string of the molecule is c1cnc(-c2ccc3ccc(-c4ccc5ccc(-c6ccc(-c7cc8cccnc8c8ncccc78)cc6)cc5n4)cc3n2)nc1.c1cnc(-c2ccc3ccc(-c4ccc5ccc(-c6ccc(-c7ccnc8c7ccc7cccnc78)cc6)cc5n4)cc3n2)nc1. The van der Waals surface area contributed by atoms with Crippen LogP contribution in [0.1, 0.15) is 0 Å². The van der Waals surface area contributed by atoms with Crippen LogP contribution in [0.3, 0.4) is 0 Å². The summed E-state index contributed by atoms with van der Waals surface area (Å²) in [5.41, 5.74) is 21.7. The topological polar surface area (TPSA) is 155 Å². The van der Waals surface area contributed by atoms with Crippen molar-refractivity contribution in [1.82, 2.24) is 59.8 Å². The molecule has 92 heavy (non-hydrogen) atoms. The van der Waals surface area contributed by atoms with Gasteiger partial charge in [0, 0.05) is 104 Å². The van der Waals surface area contributed by atoms with Crippen molar-refractivity contribution in [3.63, 3.8) is 0 Å². The Morgan fingerprint density at radius 2 is 0.533 bits per heavy atom. The smallest absolute Gasteiger partial charge is 0.178 e. The molecule has 10 heterocycles. The first kappa shape index (κ1) is 53.4. The number of rotatable bonds is 8. The summed E-state index contributed by atoms with van der Waals surface area (Å²) in [6.07, 6.45) is 14.3. The molecule has 8 aromatic carbocycles. The third kappa shape index (κ3) is 10.0. The Balaban J connectivity index is 0.000000141. The molecule has 12 nitrogen and oxygen atoms in total. The highest BCUT2D eigenvalue weighted by Crippen LogP contribution is 2.37. The third-order valence-electron chi connectivity index (χ3n) is 17.0. The number of pyridine rings is 8. The molecule has 0 bridgehead atoms. The highest BCUT2D eigenvalue weighted by molar-refractivity contribution is 6.11. The van der Waals surface area contributed by atoms with Crippen molar-refractivity contribution in [3.8, 4) is 90.1 Å². The summed E-state index contributed by atoms with van der Waals surface area (Å²) in [6.45, 7) is 0. The van der Waals surface area contributed by atoms with Gasteiger partial charge in [0.05, 0.1) is 55.5 Å². The molecule has 12 heteroatoms. The zero-order valence-corrected chi connectivity index (χ0v) is 49.1. The molecular formula is C80H48N12. The van der Waals surface area contributed by atoms with E-state index in [1.165, 1.54) is 0 Å². The maximum atomic E-state index is 5.08. The van der Waals surface area contributed by atoms with Crippen molar-refractivity contribution in [2.75, 3.05) is 0 Å². The second-order valence-electron chi connectivity index (χ2n) is 22.5. The fourth-order valence-corrected chi connectivity index (χ4v) is 12.3. The number of aromatic nitrogens is 12. The van der Waals surface area contributed by atoms with Gasteiger partial charge in [0.25, 0.3) is 0 Å². The summed E-state index contributed by atoms with van der Waals surface area (Å²) in [7, 11) is 0. The van der Waals surface area contributed by atoms with E-state index in [2.05, 4.69) is 240 Å². The minimum Gasteiger partial charge on any atom is -0.254 e. The predicted molar refractivity (Wildman–Crippen MR) is 370 cm³/mol. The van der Waals surface area contributed by atoms with E-state index in [-0.39, 0.29) is 0 Å². The molecular weight excluding hydrogens is 1130 g/mol. The Kier molecular flexibility index (Phi) is 13.2. The Hall–Kier alpha value is -12.8. The normalized spacial score (nSPS) is 11.5. The van der Waals surface area contributed by atoms with Gasteiger partial charge < -0.3 is 0 Å². The molecule has 0 amide bonds. The Morgan fingerprint density at radius 1 is 0.185 bits per heavy atom.